The molecule has 0 aliphatic rings. The second kappa shape index (κ2) is 4.78. The number of halogens is 1. The van der Waals surface area contributed by atoms with Gasteiger partial charge in [-0.2, -0.15) is 0 Å². The Kier molecular flexibility index (Phi) is 2.99. The van der Waals surface area contributed by atoms with Crippen LogP contribution < -0.4 is 0 Å². The molecule has 2 aromatic heterocycles. The van der Waals surface area contributed by atoms with Crippen molar-refractivity contribution in [2.24, 2.45) is 0 Å². The van der Waals surface area contributed by atoms with Crippen molar-refractivity contribution >= 4 is 22.6 Å². The Balaban J connectivity index is 2.10. The predicted octanol–water partition coefficient (Wildman–Crippen LogP) is 3.22. The van der Waals surface area contributed by atoms with Crippen LogP contribution in [0.3, 0.4) is 0 Å². The molecule has 0 fully saturated rings. The molecule has 0 saturated heterocycles. The minimum Gasteiger partial charge on any atom is -0.322 e. The maximum atomic E-state index is 5.97. The van der Waals surface area contributed by atoms with Gasteiger partial charge in [0, 0.05) is 18.9 Å². The quantitative estimate of drug-likeness (QED) is 0.675. The summed E-state index contributed by atoms with van der Waals surface area (Å²) < 4.78 is 2.15. The SMILES string of the molecule is ClCc1nc2ccccc2n1Cc1ccncc1. The van der Waals surface area contributed by atoms with E-state index in [1.165, 1.54) is 5.56 Å². The molecule has 4 heteroatoms. The van der Waals surface area contributed by atoms with Crippen LogP contribution >= 0.6 is 11.6 Å². The van der Waals surface area contributed by atoms with Gasteiger partial charge in [0.25, 0.3) is 0 Å². The van der Waals surface area contributed by atoms with Gasteiger partial charge in [-0.25, -0.2) is 4.98 Å². The molecule has 3 rings (SSSR count). The Bertz CT molecular complexity index is 661. The first-order valence-corrected chi connectivity index (χ1v) is 6.31. The molecule has 0 saturated carbocycles. The summed E-state index contributed by atoms with van der Waals surface area (Å²) in [5.74, 6) is 1.31. The molecule has 3 aromatic rings. The first-order chi connectivity index (χ1) is 8.88. The number of hydrogen-bond acceptors (Lipinski definition) is 2. The highest BCUT2D eigenvalue weighted by molar-refractivity contribution is 6.16. The third-order valence-corrected chi connectivity index (χ3v) is 3.18. The molecule has 18 heavy (non-hydrogen) atoms. The van der Waals surface area contributed by atoms with Crippen molar-refractivity contribution in [3.05, 3.63) is 60.2 Å². The van der Waals surface area contributed by atoms with Gasteiger partial charge in [0.2, 0.25) is 0 Å². The third-order valence-electron chi connectivity index (χ3n) is 2.94. The molecule has 0 aliphatic heterocycles. The lowest BCUT2D eigenvalue weighted by Crippen LogP contribution is -2.03. The van der Waals surface area contributed by atoms with E-state index in [0.29, 0.717) is 5.88 Å². The monoisotopic (exact) mass is 257 g/mol. The molecule has 2 heterocycles. The van der Waals surface area contributed by atoms with Crippen LogP contribution in [-0.2, 0) is 12.4 Å². The molecule has 90 valence electrons. The van der Waals surface area contributed by atoms with Gasteiger partial charge in [-0.1, -0.05) is 12.1 Å². The van der Waals surface area contributed by atoms with Gasteiger partial charge in [0.1, 0.15) is 5.82 Å². The van der Waals surface area contributed by atoms with E-state index in [4.69, 9.17) is 11.6 Å². The summed E-state index contributed by atoms with van der Waals surface area (Å²) >= 11 is 5.97. The van der Waals surface area contributed by atoms with Gasteiger partial charge >= 0.3 is 0 Å². The van der Waals surface area contributed by atoms with E-state index < -0.39 is 0 Å². The average molecular weight is 258 g/mol. The molecule has 0 radical (unpaired) electrons. The largest absolute Gasteiger partial charge is 0.322 e. The van der Waals surface area contributed by atoms with Crippen molar-refractivity contribution in [1.82, 2.24) is 14.5 Å². The maximum absolute atomic E-state index is 5.97. The normalized spacial score (nSPS) is 10.9. The van der Waals surface area contributed by atoms with Crippen LogP contribution in [0.4, 0.5) is 0 Å². The van der Waals surface area contributed by atoms with Crippen molar-refractivity contribution in [1.29, 1.82) is 0 Å². The van der Waals surface area contributed by atoms with Crippen molar-refractivity contribution in [2.75, 3.05) is 0 Å². The summed E-state index contributed by atoms with van der Waals surface area (Å²) in [6.07, 6.45) is 3.60. The summed E-state index contributed by atoms with van der Waals surface area (Å²) in [6, 6.07) is 12.1. The number of pyridine rings is 1. The van der Waals surface area contributed by atoms with Crippen LogP contribution in [0.25, 0.3) is 11.0 Å². The highest BCUT2D eigenvalue weighted by atomic mass is 35.5. The zero-order valence-corrected chi connectivity index (χ0v) is 10.5. The van der Waals surface area contributed by atoms with E-state index in [9.17, 15) is 0 Å². The summed E-state index contributed by atoms with van der Waals surface area (Å²) in [5, 5.41) is 0. The molecule has 0 amide bonds. The lowest BCUT2D eigenvalue weighted by atomic mass is 10.2. The van der Waals surface area contributed by atoms with E-state index in [1.807, 2.05) is 30.3 Å². The van der Waals surface area contributed by atoms with Crippen LogP contribution in [0.5, 0.6) is 0 Å². The molecule has 0 unspecified atom stereocenters. The van der Waals surface area contributed by atoms with Gasteiger partial charge in [-0.15, -0.1) is 11.6 Å². The number of para-hydroxylation sites is 2. The Hall–Kier alpha value is -1.87. The molecular weight excluding hydrogens is 246 g/mol. The van der Waals surface area contributed by atoms with Crippen molar-refractivity contribution in [3.8, 4) is 0 Å². The lowest BCUT2D eigenvalue weighted by Gasteiger charge is -2.07. The fraction of sp³-hybridized carbons (Fsp3) is 0.143. The van der Waals surface area contributed by atoms with E-state index in [-0.39, 0.29) is 0 Å². The maximum Gasteiger partial charge on any atom is 0.125 e. The smallest absolute Gasteiger partial charge is 0.125 e. The first-order valence-electron chi connectivity index (χ1n) is 5.77. The zero-order chi connectivity index (χ0) is 12.4. The van der Waals surface area contributed by atoms with Crippen LogP contribution in [0.2, 0.25) is 0 Å². The van der Waals surface area contributed by atoms with Gasteiger partial charge in [-0.05, 0) is 29.8 Å². The van der Waals surface area contributed by atoms with E-state index >= 15 is 0 Å². The number of benzene rings is 1. The Labute approximate surface area is 110 Å². The van der Waals surface area contributed by atoms with Gasteiger partial charge in [0.05, 0.1) is 16.9 Å². The van der Waals surface area contributed by atoms with Crippen molar-refractivity contribution in [2.45, 2.75) is 12.4 Å². The van der Waals surface area contributed by atoms with Crippen LogP contribution in [-0.4, -0.2) is 14.5 Å². The molecule has 0 spiro atoms. The highest BCUT2D eigenvalue weighted by Gasteiger charge is 2.09. The van der Waals surface area contributed by atoms with Crippen LogP contribution in [0.1, 0.15) is 11.4 Å². The summed E-state index contributed by atoms with van der Waals surface area (Å²) in [4.78, 5) is 8.57. The Morgan fingerprint density at radius 3 is 2.61 bits per heavy atom. The summed E-state index contributed by atoms with van der Waals surface area (Å²) in [5.41, 5.74) is 3.30. The fourth-order valence-electron chi connectivity index (χ4n) is 2.07. The van der Waals surface area contributed by atoms with Crippen molar-refractivity contribution in [3.63, 3.8) is 0 Å². The molecule has 3 nitrogen and oxygen atoms in total. The third kappa shape index (κ3) is 1.97. The molecular formula is C14H12ClN3. The Morgan fingerprint density at radius 1 is 1.06 bits per heavy atom. The molecule has 0 aliphatic carbocycles. The topological polar surface area (TPSA) is 30.7 Å². The standard InChI is InChI=1S/C14H12ClN3/c15-9-14-17-12-3-1-2-4-13(12)18(14)10-11-5-7-16-8-6-11/h1-8H,9-10H2. The number of alkyl halides is 1. The second-order valence-corrected chi connectivity index (χ2v) is 4.36. The zero-order valence-electron chi connectivity index (χ0n) is 9.75. The molecule has 0 atom stereocenters. The van der Waals surface area contributed by atoms with E-state index in [0.717, 1.165) is 23.4 Å². The molecule has 0 N–H and O–H groups in total. The minimum atomic E-state index is 0.416. The highest BCUT2D eigenvalue weighted by Crippen LogP contribution is 2.18. The Morgan fingerprint density at radius 2 is 1.83 bits per heavy atom. The summed E-state index contributed by atoms with van der Waals surface area (Å²) in [7, 11) is 0. The number of imidazole rings is 1. The van der Waals surface area contributed by atoms with Gasteiger partial charge < -0.3 is 4.57 Å². The van der Waals surface area contributed by atoms with Crippen molar-refractivity contribution < 1.29 is 0 Å². The first kappa shape index (κ1) is 11.2. The van der Waals surface area contributed by atoms with Crippen LogP contribution in [0, 0.1) is 0 Å². The number of rotatable bonds is 3. The van der Waals surface area contributed by atoms with E-state index in [1.54, 1.807) is 12.4 Å². The van der Waals surface area contributed by atoms with Gasteiger partial charge in [-0.3, -0.25) is 4.98 Å². The second-order valence-electron chi connectivity index (χ2n) is 4.09. The minimum absolute atomic E-state index is 0.416. The number of hydrogen-bond donors (Lipinski definition) is 0. The molecule has 0 bridgehead atoms. The number of nitrogens with zero attached hydrogens (tertiary/aromatic N) is 3. The average Bonchev–Trinajstić information content (AvgIpc) is 2.78. The number of fused-ring (bicyclic) bond motifs is 1. The van der Waals surface area contributed by atoms with Crippen LogP contribution in [0.15, 0.2) is 48.8 Å². The van der Waals surface area contributed by atoms with E-state index in [2.05, 4.69) is 20.6 Å². The number of aromatic nitrogens is 3. The predicted molar refractivity (Wildman–Crippen MR) is 72.6 cm³/mol. The fourth-order valence-corrected chi connectivity index (χ4v) is 2.28. The molecule has 1 aromatic carbocycles. The lowest BCUT2D eigenvalue weighted by molar-refractivity contribution is 0.777. The van der Waals surface area contributed by atoms with Gasteiger partial charge in [0.15, 0.2) is 0 Å². The summed E-state index contributed by atoms with van der Waals surface area (Å²) in [6.45, 7) is 0.769.